The molecule has 0 unspecified atom stereocenters. The Hall–Kier alpha value is -1.63. The number of benzene rings is 1. The maximum atomic E-state index is 4.87. The van der Waals surface area contributed by atoms with Crippen LogP contribution in [0.1, 0.15) is 96.6 Å². The Labute approximate surface area is 172 Å². The van der Waals surface area contributed by atoms with E-state index in [1.54, 1.807) is 0 Å². The van der Waals surface area contributed by atoms with E-state index in [2.05, 4.69) is 70.3 Å². The highest BCUT2D eigenvalue weighted by atomic mass is 14.7. The number of pyridine rings is 1. The molecular weight excluding hydrogens is 338 g/mol. The molecule has 0 atom stereocenters. The van der Waals surface area contributed by atoms with Crippen LogP contribution in [0.3, 0.4) is 0 Å². The van der Waals surface area contributed by atoms with E-state index in [0.29, 0.717) is 16.2 Å². The Balaban J connectivity index is 1.50. The quantitative estimate of drug-likeness (QED) is 0.532. The molecule has 150 valence electrons. The summed E-state index contributed by atoms with van der Waals surface area (Å²) in [6.07, 6.45) is 14.1. The van der Waals surface area contributed by atoms with E-state index in [-0.39, 0.29) is 0 Å². The van der Waals surface area contributed by atoms with Gasteiger partial charge >= 0.3 is 0 Å². The fourth-order valence-corrected chi connectivity index (χ4v) is 5.35. The van der Waals surface area contributed by atoms with E-state index in [0.717, 1.165) is 5.69 Å². The Morgan fingerprint density at radius 2 is 1.18 bits per heavy atom. The Morgan fingerprint density at radius 1 is 0.607 bits per heavy atom. The summed E-state index contributed by atoms with van der Waals surface area (Å²) in [6.45, 7) is 9.69. The summed E-state index contributed by atoms with van der Waals surface area (Å²) >= 11 is 0. The summed E-state index contributed by atoms with van der Waals surface area (Å²) in [5.41, 5.74) is 6.43. The van der Waals surface area contributed by atoms with Crippen molar-refractivity contribution in [2.45, 2.75) is 96.3 Å². The van der Waals surface area contributed by atoms with Gasteiger partial charge in [-0.1, -0.05) is 77.3 Å². The Kier molecular flexibility index (Phi) is 5.14. The highest BCUT2D eigenvalue weighted by Gasteiger charge is 2.36. The maximum absolute atomic E-state index is 4.87. The lowest BCUT2D eigenvalue weighted by atomic mass is 9.64. The van der Waals surface area contributed by atoms with E-state index in [4.69, 9.17) is 4.98 Å². The third-order valence-electron chi connectivity index (χ3n) is 8.00. The van der Waals surface area contributed by atoms with Crippen molar-refractivity contribution in [2.24, 2.45) is 5.41 Å². The predicted octanol–water partition coefficient (Wildman–Crippen LogP) is 7.83. The molecule has 2 saturated carbocycles. The van der Waals surface area contributed by atoms with Crippen molar-refractivity contribution in [3.05, 3.63) is 53.7 Å². The minimum Gasteiger partial charge on any atom is -0.256 e. The standard InChI is InChI=1S/C27H37N/c1-25(2)16-18-27(4,19-17-25)23-12-13-24(28-20-23)21-8-10-22(11-9-21)26(3)14-6-5-7-15-26/h8-13,20H,5-7,14-19H2,1-4H3. The van der Waals surface area contributed by atoms with E-state index < -0.39 is 0 Å². The van der Waals surface area contributed by atoms with Gasteiger partial charge in [-0.25, -0.2) is 0 Å². The van der Waals surface area contributed by atoms with Crippen molar-refractivity contribution in [1.82, 2.24) is 4.98 Å². The average molecular weight is 376 g/mol. The summed E-state index contributed by atoms with van der Waals surface area (Å²) in [7, 11) is 0. The maximum Gasteiger partial charge on any atom is 0.0702 e. The van der Waals surface area contributed by atoms with Crippen molar-refractivity contribution in [3.8, 4) is 11.3 Å². The van der Waals surface area contributed by atoms with Gasteiger partial charge in [0.2, 0.25) is 0 Å². The SMILES string of the molecule is CC1(C)CCC(C)(c2ccc(-c3ccc(C4(C)CCCCC4)cc3)nc2)CC1. The van der Waals surface area contributed by atoms with E-state index in [1.807, 2.05) is 0 Å². The number of hydrogen-bond acceptors (Lipinski definition) is 1. The van der Waals surface area contributed by atoms with Crippen molar-refractivity contribution in [1.29, 1.82) is 0 Å². The zero-order chi connectivity index (χ0) is 19.8. The van der Waals surface area contributed by atoms with Gasteiger partial charge in [-0.05, 0) is 72.0 Å². The van der Waals surface area contributed by atoms with Gasteiger partial charge in [-0.2, -0.15) is 0 Å². The minimum absolute atomic E-state index is 0.292. The summed E-state index contributed by atoms with van der Waals surface area (Å²) in [5, 5.41) is 0. The first-order chi connectivity index (χ1) is 13.3. The molecule has 28 heavy (non-hydrogen) atoms. The molecular formula is C27H37N. The third-order valence-corrected chi connectivity index (χ3v) is 8.00. The number of aromatic nitrogens is 1. The van der Waals surface area contributed by atoms with Gasteiger partial charge in [0.25, 0.3) is 0 Å². The smallest absolute Gasteiger partial charge is 0.0702 e. The first kappa shape index (κ1) is 19.7. The third kappa shape index (κ3) is 3.91. The normalized spacial score (nSPS) is 23.3. The van der Waals surface area contributed by atoms with Crippen LogP contribution in [-0.2, 0) is 10.8 Å². The molecule has 0 amide bonds. The van der Waals surface area contributed by atoms with Crippen LogP contribution >= 0.6 is 0 Å². The molecule has 2 aromatic rings. The molecule has 0 N–H and O–H groups in total. The second kappa shape index (κ2) is 7.32. The van der Waals surface area contributed by atoms with Crippen molar-refractivity contribution >= 4 is 0 Å². The first-order valence-electron chi connectivity index (χ1n) is 11.4. The summed E-state index contributed by atoms with van der Waals surface area (Å²) in [6, 6.07) is 13.8. The van der Waals surface area contributed by atoms with Gasteiger partial charge in [0.05, 0.1) is 5.69 Å². The molecule has 2 aliphatic carbocycles. The monoisotopic (exact) mass is 375 g/mol. The number of nitrogens with zero attached hydrogens (tertiary/aromatic N) is 1. The van der Waals surface area contributed by atoms with Crippen LogP contribution < -0.4 is 0 Å². The molecule has 1 heterocycles. The Morgan fingerprint density at radius 3 is 1.75 bits per heavy atom. The van der Waals surface area contributed by atoms with Gasteiger partial charge in [-0.15, -0.1) is 0 Å². The second-order valence-corrected chi connectivity index (χ2v) is 10.9. The molecule has 1 heteroatoms. The van der Waals surface area contributed by atoms with Crippen molar-refractivity contribution < 1.29 is 0 Å². The topological polar surface area (TPSA) is 12.9 Å². The van der Waals surface area contributed by atoms with Crippen molar-refractivity contribution in [2.75, 3.05) is 0 Å². The molecule has 2 fully saturated rings. The van der Waals surface area contributed by atoms with Crippen LogP contribution in [0, 0.1) is 5.41 Å². The molecule has 0 spiro atoms. The lowest BCUT2D eigenvalue weighted by Crippen LogP contribution is -2.32. The Bertz CT molecular complexity index is 781. The zero-order valence-corrected chi connectivity index (χ0v) is 18.4. The number of hydrogen-bond donors (Lipinski definition) is 0. The summed E-state index contributed by atoms with van der Waals surface area (Å²) < 4.78 is 0. The second-order valence-electron chi connectivity index (χ2n) is 10.9. The van der Waals surface area contributed by atoms with Gasteiger partial charge in [0, 0.05) is 11.8 Å². The lowest BCUT2D eigenvalue weighted by molar-refractivity contribution is 0.173. The van der Waals surface area contributed by atoms with Gasteiger partial charge in [-0.3, -0.25) is 4.98 Å². The van der Waals surface area contributed by atoms with Crippen molar-refractivity contribution in [3.63, 3.8) is 0 Å². The molecule has 2 aliphatic rings. The molecule has 1 nitrogen and oxygen atoms in total. The van der Waals surface area contributed by atoms with Crippen LogP contribution in [0.15, 0.2) is 42.6 Å². The fourth-order valence-electron chi connectivity index (χ4n) is 5.35. The van der Waals surface area contributed by atoms with Crippen LogP contribution in [0.2, 0.25) is 0 Å². The molecule has 4 rings (SSSR count). The lowest BCUT2D eigenvalue weighted by Gasteiger charge is -2.41. The van der Waals surface area contributed by atoms with Gasteiger partial charge in [0.1, 0.15) is 0 Å². The van der Waals surface area contributed by atoms with E-state index in [9.17, 15) is 0 Å². The predicted molar refractivity (Wildman–Crippen MR) is 120 cm³/mol. The molecule has 0 saturated heterocycles. The van der Waals surface area contributed by atoms with E-state index in [1.165, 1.54) is 74.5 Å². The summed E-state index contributed by atoms with van der Waals surface area (Å²) in [5.74, 6) is 0. The zero-order valence-electron chi connectivity index (χ0n) is 18.4. The van der Waals surface area contributed by atoms with Gasteiger partial charge < -0.3 is 0 Å². The van der Waals surface area contributed by atoms with E-state index >= 15 is 0 Å². The van der Waals surface area contributed by atoms with Gasteiger partial charge in [0.15, 0.2) is 0 Å². The number of rotatable bonds is 3. The molecule has 0 aliphatic heterocycles. The first-order valence-corrected chi connectivity index (χ1v) is 11.4. The largest absolute Gasteiger partial charge is 0.256 e. The molecule has 1 aromatic carbocycles. The van der Waals surface area contributed by atoms with Crippen LogP contribution in [-0.4, -0.2) is 4.98 Å². The highest BCUT2D eigenvalue weighted by molar-refractivity contribution is 5.60. The summed E-state index contributed by atoms with van der Waals surface area (Å²) in [4.78, 5) is 4.87. The molecule has 1 aromatic heterocycles. The van der Waals surface area contributed by atoms with Crippen LogP contribution in [0.4, 0.5) is 0 Å². The molecule has 0 bridgehead atoms. The minimum atomic E-state index is 0.292. The fraction of sp³-hybridized carbons (Fsp3) is 0.593. The molecule has 0 radical (unpaired) electrons. The van der Waals surface area contributed by atoms with Crippen LogP contribution in [0.25, 0.3) is 11.3 Å². The highest BCUT2D eigenvalue weighted by Crippen LogP contribution is 2.46. The average Bonchev–Trinajstić information content (AvgIpc) is 2.71. The van der Waals surface area contributed by atoms with Crippen LogP contribution in [0.5, 0.6) is 0 Å².